The number of rotatable bonds is 6. The summed E-state index contributed by atoms with van der Waals surface area (Å²) in [5, 5.41) is 2.62. The van der Waals surface area contributed by atoms with Crippen LogP contribution >= 0.6 is 0 Å². The lowest BCUT2D eigenvalue weighted by Crippen LogP contribution is -2.44. The van der Waals surface area contributed by atoms with E-state index in [1.165, 1.54) is 6.92 Å². The molecule has 1 fully saturated rings. The molecule has 3 rings (SSSR count). The van der Waals surface area contributed by atoms with E-state index in [0.717, 1.165) is 41.8 Å². The Morgan fingerprint density at radius 1 is 1.23 bits per heavy atom. The Hall–Kier alpha value is -3.16. The minimum Gasteiger partial charge on any atom is -0.497 e. The molecule has 8 nitrogen and oxygen atoms in total. The zero-order valence-corrected chi connectivity index (χ0v) is 18.0. The van der Waals surface area contributed by atoms with Crippen molar-refractivity contribution in [3.8, 4) is 16.9 Å². The molecular formula is C22H29N5O3. The predicted molar refractivity (Wildman–Crippen MR) is 115 cm³/mol. The highest BCUT2D eigenvalue weighted by Gasteiger charge is 2.31. The van der Waals surface area contributed by atoms with Gasteiger partial charge in [-0.1, -0.05) is 12.1 Å². The van der Waals surface area contributed by atoms with E-state index in [0.29, 0.717) is 12.5 Å². The molecule has 8 heteroatoms. The fourth-order valence-electron chi connectivity index (χ4n) is 3.66. The van der Waals surface area contributed by atoms with E-state index in [2.05, 4.69) is 10.3 Å². The van der Waals surface area contributed by atoms with Crippen LogP contribution in [0.4, 0.5) is 5.95 Å². The minimum atomic E-state index is -0.215. The molecule has 160 valence electrons. The Morgan fingerprint density at radius 2 is 1.97 bits per heavy atom. The van der Waals surface area contributed by atoms with Gasteiger partial charge in [-0.2, -0.15) is 0 Å². The van der Waals surface area contributed by atoms with Crippen LogP contribution in [0.1, 0.15) is 37.9 Å². The summed E-state index contributed by atoms with van der Waals surface area (Å²) in [6, 6.07) is 7.59. The maximum absolute atomic E-state index is 12.9. The standard InChI is InChI=1S/C22H29N5O3/c1-15(28)23-14-20(29)27-12-6-5-7-19(27)21-18(13-24-22(25-21)26(2)3)16-8-10-17(30-4)11-9-16/h8-11,13,19H,5-7,12,14H2,1-4H3,(H,23,28)/t19-/m0/s1. The third-order valence-electron chi connectivity index (χ3n) is 5.23. The summed E-state index contributed by atoms with van der Waals surface area (Å²) in [4.78, 5) is 37.2. The first kappa shape index (κ1) is 21.5. The molecule has 1 aromatic heterocycles. The van der Waals surface area contributed by atoms with Crippen molar-refractivity contribution in [3.63, 3.8) is 0 Å². The maximum atomic E-state index is 12.9. The lowest BCUT2D eigenvalue weighted by molar-refractivity contribution is -0.135. The topological polar surface area (TPSA) is 87.7 Å². The molecule has 1 N–H and O–H groups in total. The van der Waals surface area contributed by atoms with Crippen LogP contribution in [0.25, 0.3) is 11.1 Å². The van der Waals surface area contributed by atoms with E-state index in [1.807, 2.05) is 54.4 Å². The van der Waals surface area contributed by atoms with E-state index < -0.39 is 0 Å². The second-order valence-electron chi connectivity index (χ2n) is 7.60. The van der Waals surface area contributed by atoms with Gasteiger partial charge in [0.15, 0.2) is 0 Å². The van der Waals surface area contributed by atoms with Crippen LogP contribution in [0.3, 0.4) is 0 Å². The van der Waals surface area contributed by atoms with E-state index >= 15 is 0 Å². The zero-order valence-electron chi connectivity index (χ0n) is 18.0. The van der Waals surface area contributed by atoms with E-state index in [-0.39, 0.29) is 24.4 Å². The number of anilines is 1. The summed E-state index contributed by atoms with van der Waals surface area (Å²) in [6.45, 7) is 2.05. The summed E-state index contributed by atoms with van der Waals surface area (Å²) < 4.78 is 5.27. The molecule has 0 spiro atoms. The molecule has 1 atom stereocenters. The number of aromatic nitrogens is 2. The lowest BCUT2D eigenvalue weighted by Gasteiger charge is -2.36. The van der Waals surface area contributed by atoms with Crippen LogP contribution in [0.5, 0.6) is 5.75 Å². The van der Waals surface area contributed by atoms with Crippen molar-refractivity contribution in [1.29, 1.82) is 0 Å². The lowest BCUT2D eigenvalue weighted by atomic mass is 9.93. The van der Waals surface area contributed by atoms with Gasteiger partial charge in [0.2, 0.25) is 17.8 Å². The first-order valence-electron chi connectivity index (χ1n) is 10.1. The Labute approximate surface area is 177 Å². The molecule has 0 unspecified atom stereocenters. The second kappa shape index (κ2) is 9.56. The molecule has 1 aromatic carbocycles. The molecule has 1 saturated heterocycles. The van der Waals surface area contributed by atoms with Crippen LogP contribution in [-0.2, 0) is 9.59 Å². The van der Waals surface area contributed by atoms with Crippen molar-refractivity contribution >= 4 is 17.8 Å². The summed E-state index contributed by atoms with van der Waals surface area (Å²) in [5.41, 5.74) is 2.69. The molecule has 2 heterocycles. The van der Waals surface area contributed by atoms with Crippen LogP contribution in [0.15, 0.2) is 30.5 Å². The largest absolute Gasteiger partial charge is 0.497 e. The monoisotopic (exact) mass is 411 g/mol. The summed E-state index contributed by atoms with van der Waals surface area (Å²) in [6.07, 6.45) is 4.59. The summed E-state index contributed by atoms with van der Waals surface area (Å²) >= 11 is 0. The van der Waals surface area contributed by atoms with Crippen molar-refractivity contribution in [2.24, 2.45) is 0 Å². The first-order valence-corrected chi connectivity index (χ1v) is 10.1. The number of ether oxygens (including phenoxy) is 1. The third-order valence-corrected chi connectivity index (χ3v) is 5.23. The Morgan fingerprint density at radius 3 is 2.60 bits per heavy atom. The van der Waals surface area contributed by atoms with Gasteiger partial charge in [-0.05, 0) is 37.0 Å². The fraction of sp³-hybridized carbons (Fsp3) is 0.455. The van der Waals surface area contributed by atoms with Gasteiger partial charge >= 0.3 is 0 Å². The number of nitrogens with one attached hydrogen (secondary N) is 1. The molecule has 1 aliphatic rings. The molecule has 0 bridgehead atoms. The van der Waals surface area contributed by atoms with E-state index in [4.69, 9.17) is 9.72 Å². The fourth-order valence-corrected chi connectivity index (χ4v) is 3.66. The van der Waals surface area contributed by atoms with Gasteiger partial charge in [0.05, 0.1) is 25.4 Å². The Balaban J connectivity index is 2.02. The zero-order chi connectivity index (χ0) is 21.7. The van der Waals surface area contributed by atoms with Crippen LogP contribution in [0, 0.1) is 0 Å². The number of nitrogens with zero attached hydrogens (tertiary/aromatic N) is 4. The Kier molecular flexibility index (Phi) is 6.87. The van der Waals surface area contributed by atoms with Gasteiger partial charge in [-0.3, -0.25) is 9.59 Å². The van der Waals surface area contributed by atoms with Crippen molar-refractivity contribution in [2.45, 2.75) is 32.2 Å². The van der Waals surface area contributed by atoms with Crippen LogP contribution < -0.4 is 15.0 Å². The number of carbonyl (C=O) groups excluding carboxylic acids is 2. The van der Waals surface area contributed by atoms with Crippen LogP contribution in [-0.4, -0.2) is 61.0 Å². The molecule has 0 aliphatic carbocycles. The number of carbonyl (C=O) groups is 2. The first-order chi connectivity index (χ1) is 14.4. The molecule has 2 amide bonds. The second-order valence-corrected chi connectivity index (χ2v) is 7.60. The SMILES string of the molecule is COc1ccc(-c2cnc(N(C)C)nc2[C@@H]2CCCCN2C(=O)CNC(C)=O)cc1. The molecular weight excluding hydrogens is 382 g/mol. The van der Waals surface area contributed by atoms with E-state index in [9.17, 15) is 9.59 Å². The third kappa shape index (κ3) is 4.87. The van der Waals surface area contributed by atoms with Gasteiger partial charge in [0.25, 0.3) is 0 Å². The van der Waals surface area contributed by atoms with Crippen molar-refractivity contribution in [2.75, 3.05) is 39.2 Å². The van der Waals surface area contributed by atoms with Gasteiger partial charge in [-0.15, -0.1) is 0 Å². The molecule has 2 aromatic rings. The van der Waals surface area contributed by atoms with Crippen LogP contribution in [0.2, 0.25) is 0 Å². The van der Waals surface area contributed by atoms with Crippen molar-refractivity contribution in [3.05, 3.63) is 36.2 Å². The number of benzene rings is 1. The molecule has 30 heavy (non-hydrogen) atoms. The highest BCUT2D eigenvalue weighted by molar-refractivity contribution is 5.84. The van der Waals surface area contributed by atoms with Crippen molar-refractivity contribution in [1.82, 2.24) is 20.2 Å². The van der Waals surface area contributed by atoms with Gasteiger partial charge in [-0.25, -0.2) is 9.97 Å². The van der Waals surface area contributed by atoms with Crippen molar-refractivity contribution < 1.29 is 14.3 Å². The number of hydrogen-bond donors (Lipinski definition) is 1. The molecule has 0 saturated carbocycles. The Bertz CT molecular complexity index is 898. The summed E-state index contributed by atoms with van der Waals surface area (Å²) in [5.74, 6) is 1.06. The van der Waals surface area contributed by atoms with Gasteiger partial charge in [0, 0.05) is 39.3 Å². The number of hydrogen-bond acceptors (Lipinski definition) is 6. The highest BCUT2D eigenvalue weighted by Crippen LogP contribution is 2.36. The van der Waals surface area contributed by atoms with Gasteiger partial charge < -0.3 is 19.9 Å². The van der Waals surface area contributed by atoms with Gasteiger partial charge in [0.1, 0.15) is 5.75 Å². The highest BCUT2D eigenvalue weighted by atomic mass is 16.5. The molecule has 1 aliphatic heterocycles. The predicted octanol–water partition coefficient (Wildman–Crippen LogP) is 2.41. The average molecular weight is 412 g/mol. The number of amides is 2. The normalized spacial score (nSPS) is 16.1. The number of piperidine rings is 1. The maximum Gasteiger partial charge on any atom is 0.242 e. The quantitative estimate of drug-likeness (QED) is 0.785. The summed E-state index contributed by atoms with van der Waals surface area (Å²) in [7, 11) is 5.43. The smallest absolute Gasteiger partial charge is 0.242 e. The van der Waals surface area contributed by atoms with E-state index in [1.54, 1.807) is 7.11 Å². The number of likely N-dealkylation sites (tertiary alicyclic amines) is 1. The molecule has 0 radical (unpaired) electrons. The average Bonchev–Trinajstić information content (AvgIpc) is 2.77. The number of methoxy groups -OCH3 is 1. The minimum absolute atomic E-state index is 0.00464.